The van der Waals surface area contributed by atoms with Crippen LogP contribution in [0, 0.1) is 5.41 Å². The first-order valence-corrected chi connectivity index (χ1v) is 4.26. The summed E-state index contributed by atoms with van der Waals surface area (Å²) in [5.74, 6) is 0.0700. The number of nitrogen functional groups attached to an aromatic ring is 1. The lowest BCUT2D eigenvalue weighted by molar-refractivity contribution is 1.40. The molecular formula is C8H10BrN3. The van der Waals surface area contributed by atoms with Gasteiger partial charge in [-0.3, -0.25) is 5.41 Å². The summed E-state index contributed by atoms with van der Waals surface area (Å²) in [6.07, 6.45) is 0. The van der Waals surface area contributed by atoms with Crippen LogP contribution in [0.5, 0.6) is 0 Å². The zero-order chi connectivity index (χ0) is 9.14. The van der Waals surface area contributed by atoms with Crippen LogP contribution >= 0.6 is 15.9 Å². The minimum Gasteiger partial charge on any atom is -0.388 e. The van der Waals surface area contributed by atoms with Crippen molar-refractivity contribution in [2.24, 2.45) is 5.73 Å². The van der Waals surface area contributed by atoms with Gasteiger partial charge in [0.25, 0.3) is 0 Å². The molecule has 4 N–H and O–H groups in total. The Bertz CT molecular complexity index is 309. The van der Waals surface area contributed by atoms with Gasteiger partial charge in [0.1, 0.15) is 5.84 Å². The van der Waals surface area contributed by atoms with E-state index in [1.165, 1.54) is 0 Å². The van der Waals surface area contributed by atoms with Gasteiger partial charge in [-0.1, -0.05) is 15.9 Å². The van der Waals surface area contributed by atoms with Crippen molar-refractivity contribution in [1.29, 1.82) is 5.41 Å². The molecule has 0 aliphatic heterocycles. The Labute approximate surface area is 79.6 Å². The maximum Gasteiger partial charge on any atom is 0.124 e. The number of hydrogen-bond donors (Lipinski definition) is 3. The molecule has 0 fully saturated rings. The number of nitrogens with one attached hydrogen (secondary N) is 2. The maximum atomic E-state index is 7.29. The standard InChI is InChI=1S/C8H10BrN3/c1-12-7-3-2-5(9)4-6(7)8(10)11/h2-4,12H,1H3,(H3,10,11). The molecule has 0 spiro atoms. The Hall–Kier alpha value is -1.03. The highest BCUT2D eigenvalue weighted by Crippen LogP contribution is 2.19. The molecule has 3 nitrogen and oxygen atoms in total. The first kappa shape index (κ1) is 9.06. The second-order valence-corrected chi connectivity index (χ2v) is 3.27. The quantitative estimate of drug-likeness (QED) is 0.533. The fourth-order valence-electron chi connectivity index (χ4n) is 0.957. The normalized spacial score (nSPS) is 9.50. The van der Waals surface area contributed by atoms with Gasteiger partial charge in [0.2, 0.25) is 0 Å². The van der Waals surface area contributed by atoms with E-state index in [0.29, 0.717) is 5.56 Å². The molecule has 0 aromatic heterocycles. The van der Waals surface area contributed by atoms with E-state index in [-0.39, 0.29) is 5.84 Å². The molecular weight excluding hydrogens is 218 g/mol. The summed E-state index contributed by atoms with van der Waals surface area (Å²) in [4.78, 5) is 0. The summed E-state index contributed by atoms with van der Waals surface area (Å²) < 4.78 is 0.923. The molecule has 0 radical (unpaired) electrons. The van der Waals surface area contributed by atoms with Gasteiger partial charge in [-0.2, -0.15) is 0 Å². The lowest BCUT2D eigenvalue weighted by Gasteiger charge is -2.07. The fourth-order valence-corrected chi connectivity index (χ4v) is 1.32. The first-order valence-electron chi connectivity index (χ1n) is 3.47. The smallest absolute Gasteiger partial charge is 0.124 e. The average molecular weight is 228 g/mol. The van der Waals surface area contributed by atoms with Crippen molar-refractivity contribution in [3.8, 4) is 0 Å². The van der Waals surface area contributed by atoms with Crippen molar-refractivity contribution in [3.63, 3.8) is 0 Å². The number of halogens is 1. The van der Waals surface area contributed by atoms with Crippen LogP contribution in [0.3, 0.4) is 0 Å². The Morgan fingerprint density at radius 2 is 2.25 bits per heavy atom. The lowest BCUT2D eigenvalue weighted by Crippen LogP contribution is -2.13. The summed E-state index contributed by atoms with van der Waals surface area (Å²) >= 11 is 3.31. The number of anilines is 1. The van der Waals surface area contributed by atoms with Crippen LogP contribution in [-0.2, 0) is 0 Å². The highest BCUT2D eigenvalue weighted by Gasteiger charge is 2.03. The number of nitrogens with two attached hydrogens (primary N) is 1. The van der Waals surface area contributed by atoms with Crippen LogP contribution in [0.15, 0.2) is 22.7 Å². The summed E-state index contributed by atoms with van der Waals surface area (Å²) in [6.45, 7) is 0. The van der Waals surface area contributed by atoms with Crippen molar-refractivity contribution in [2.45, 2.75) is 0 Å². The second kappa shape index (κ2) is 3.58. The van der Waals surface area contributed by atoms with Crippen molar-refractivity contribution in [2.75, 3.05) is 12.4 Å². The SMILES string of the molecule is CNc1ccc(Br)cc1C(=N)N. The van der Waals surface area contributed by atoms with Crippen LogP contribution in [0.4, 0.5) is 5.69 Å². The molecule has 0 aliphatic rings. The number of rotatable bonds is 2. The number of amidine groups is 1. The molecule has 0 aliphatic carbocycles. The third-order valence-electron chi connectivity index (χ3n) is 1.54. The van der Waals surface area contributed by atoms with Crippen LogP contribution in [0.1, 0.15) is 5.56 Å². The van der Waals surface area contributed by atoms with Crippen LogP contribution in [0.2, 0.25) is 0 Å². The molecule has 0 heterocycles. The van der Waals surface area contributed by atoms with E-state index in [9.17, 15) is 0 Å². The highest BCUT2D eigenvalue weighted by atomic mass is 79.9. The van der Waals surface area contributed by atoms with E-state index in [1.807, 2.05) is 18.2 Å². The first-order chi connectivity index (χ1) is 5.65. The summed E-state index contributed by atoms with van der Waals surface area (Å²) in [7, 11) is 1.80. The molecule has 4 heteroatoms. The topological polar surface area (TPSA) is 61.9 Å². The molecule has 0 atom stereocenters. The fraction of sp³-hybridized carbons (Fsp3) is 0.125. The van der Waals surface area contributed by atoms with E-state index in [0.717, 1.165) is 10.2 Å². The van der Waals surface area contributed by atoms with E-state index in [1.54, 1.807) is 7.05 Å². The van der Waals surface area contributed by atoms with Crippen LogP contribution in [-0.4, -0.2) is 12.9 Å². The summed E-state index contributed by atoms with van der Waals surface area (Å²) in [6, 6.07) is 5.59. The van der Waals surface area contributed by atoms with Crippen molar-refractivity contribution in [3.05, 3.63) is 28.2 Å². The predicted octanol–water partition coefficient (Wildman–Crippen LogP) is 1.77. The molecule has 0 amide bonds. The van der Waals surface area contributed by atoms with Crippen molar-refractivity contribution >= 4 is 27.5 Å². The third-order valence-corrected chi connectivity index (χ3v) is 2.03. The summed E-state index contributed by atoms with van der Waals surface area (Å²) in [5.41, 5.74) is 6.96. The Morgan fingerprint density at radius 1 is 1.58 bits per heavy atom. The third kappa shape index (κ3) is 1.76. The minimum atomic E-state index is 0.0700. The molecule has 0 saturated carbocycles. The van der Waals surface area contributed by atoms with Gasteiger partial charge in [0.05, 0.1) is 0 Å². The van der Waals surface area contributed by atoms with Gasteiger partial charge in [-0.25, -0.2) is 0 Å². The minimum absolute atomic E-state index is 0.0700. The second-order valence-electron chi connectivity index (χ2n) is 2.35. The Kier molecular flexibility index (Phi) is 2.70. The largest absolute Gasteiger partial charge is 0.388 e. The number of benzene rings is 1. The van der Waals surface area contributed by atoms with E-state index in [4.69, 9.17) is 11.1 Å². The zero-order valence-corrected chi connectivity index (χ0v) is 8.27. The van der Waals surface area contributed by atoms with Gasteiger partial charge in [-0.05, 0) is 18.2 Å². The molecule has 0 bridgehead atoms. The van der Waals surface area contributed by atoms with Crippen molar-refractivity contribution < 1.29 is 0 Å². The van der Waals surface area contributed by atoms with Gasteiger partial charge in [-0.15, -0.1) is 0 Å². The van der Waals surface area contributed by atoms with Crippen molar-refractivity contribution in [1.82, 2.24) is 0 Å². The van der Waals surface area contributed by atoms with Gasteiger partial charge in [0.15, 0.2) is 0 Å². The van der Waals surface area contributed by atoms with Gasteiger partial charge < -0.3 is 11.1 Å². The van der Waals surface area contributed by atoms with Crippen LogP contribution < -0.4 is 11.1 Å². The highest BCUT2D eigenvalue weighted by molar-refractivity contribution is 9.10. The summed E-state index contributed by atoms with van der Waals surface area (Å²) in [5, 5.41) is 10.3. The zero-order valence-electron chi connectivity index (χ0n) is 6.69. The van der Waals surface area contributed by atoms with E-state index >= 15 is 0 Å². The molecule has 0 saturated heterocycles. The molecule has 64 valence electrons. The molecule has 0 unspecified atom stereocenters. The van der Waals surface area contributed by atoms with E-state index in [2.05, 4.69) is 21.2 Å². The lowest BCUT2D eigenvalue weighted by atomic mass is 10.1. The maximum absolute atomic E-state index is 7.29. The Morgan fingerprint density at radius 3 is 2.75 bits per heavy atom. The molecule has 1 aromatic carbocycles. The predicted molar refractivity (Wildman–Crippen MR) is 54.7 cm³/mol. The van der Waals surface area contributed by atoms with E-state index < -0.39 is 0 Å². The van der Waals surface area contributed by atoms with Gasteiger partial charge in [0, 0.05) is 22.8 Å². The average Bonchev–Trinajstić information content (AvgIpc) is 2.04. The Balaban J connectivity index is 3.21. The van der Waals surface area contributed by atoms with Crippen LogP contribution in [0.25, 0.3) is 0 Å². The number of hydrogen-bond acceptors (Lipinski definition) is 2. The molecule has 1 aromatic rings. The molecule has 1 rings (SSSR count). The molecule has 12 heavy (non-hydrogen) atoms. The van der Waals surface area contributed by atoms with Gasteiger partial charge >= 0.3 is 0 Å². The monoisotopic (exact) mass is 227 g/mol.